The van der Waals surface area contributed by atoms with Crippen LogP contribution in [0, 0.1) is 12.7 Å². The Kier molecular flexibility index (Phi) is 7.74. The van der Waals surface area contributed by atoms with Crippen LogP contribution in [0.5, 0.6) is 0 Å². The fourth-order valence-electron chi connectivity index (χ4n) is 3.51. The number of carbonyl (C=O) groups excluding carboxylic acids is 2. The van der Waals surface area contributed by atoms with Crippen LogP contribution in [0.2, 0.25) is 0 Å². The van der Waals surface area contributed by atoms with Crippen LogP contribution in [0.25, 0.3) is 22.0 Å². The molecule has 1 N–H and O–H groups in total. The van der Waals surface area contributed by atoms with Crippen molar-refractivity contribution >= 4 is 29.1 Å². The SMILES string of the molecule is CCOC(=O)Cc1ccc(-c2nc(-c3onc(C)c3NC(=O)OC(C)c3ccccc3F)cs2)cc1. The molecule has 0 saturated carbocycles. The number of esters is 1. The second-order valence-electron chi connectivity index (χ2n) is 7.88. The molecule has 2 aromatic carbocycles. The van der Waals surface area contributed by atoms with E-state index in [1.54, 1.807) is 44.4 Å². The number of benzene rings is 2. The number of halogens is 1. The number of aromatic nitrogens is 2. The van der Waals surface area contributed by atoms with Gasteiger partial charge < -0.3 is 14.0 Å². The van der Waals surface area contributed by atoms with Crippen LogP contribution in [0.15, 0.2) is 58.4 Å². The molecule has 4 rings (SSSR count). The zero-order valence-electron chi connectivity index (χ0n) is 19.9. The number of hydrogen-bond acceptors (Lipinski definition) is 8. The number of amides is 1. The molecule has 1 atom stereocenters. The van der Waals surface area contributed by atoms with Crippen LogP contribution < -0.4 is 5.32 Å². The summed E-state index contributed by atoms with van der Waals surface area (Å²) in [6, 6.07) is 13.6. The van der Waals surface area contributed by atoms with E-state index in [1.165, 1.54) is 17.4 Å². The summed E-state index contributed by atoms with van der Waals surface area (Å²) in [7, 11) is 0. The minimum atomic E-state index is -0.799. The van der Waals surface area contributed by atoms with Crippen molar-refractivity contribution in [3.05, 3.63) is 76.5 Å². The molecule has 186 valence electrons. The topological polar surface area (TPSA) is 104 Å². The number of hydrogen-bond donors (Lipinski definition) is 1. The van der Waals surface area contributed by atoms with Gasteiger partial charge in [-0.05, 0) is 32.4 Å². The first kappa shape index (κ1) is 25.1. The first-order valence-electron chi connectivity index (χ1n) is 11.2. The van der Waals surface area contributed by atoms with Crippen molar-refractivity contribution < 1.29 is 28.0 Å². The van der Waals surface area contributed by atoms with Crippen LogP contribution in [0.3, 0.4) is 0 Å². The highest BCUT2D eigenvalue weighted by molar-refractivity contribution is 7.13. The van der Waals surface area contributed by atoms with Gasteiger partial charge in [0.05, 0.1) is 13.0 Å². The lowest BCUT2D eigenvalue weighted by Gasteiger charge is -2.14. The summed E-state index contributed by atoms with van der Waals surface area (Å²) in [6.45, 7) is 5.38. The molecule has 0 aliphatic rings. The number of ether oxygens (including phenoxy) is 2. The summed E-state index contributed by atoms with van der Waals surface area (Å²) < 4.78 is 29.8. The second kappa shape index (κ2) is 11.1. The molecule has 1 amide bonds. The molecule has 0 aliphatic carbocycles. The predicted molar refractivity (Wildman–Crippen MR) is 133 cm³/mol. The molecule has 10 heteroatoms. The molecule has 0 fully saturated rings. The number of carbonyl (C=O) groups is 2. The zero-order valence-corrected chi connectivity index (χ0v) is 20.7. The van der Waals surface area contributed by atoms with Gasteiger partial charge in [-0.15, -0.1) is 11.3 Å². The first-order valence-corrected chi connectivity index (χ1v) is 12.1. The Morgan fingerprint density at radius 2 is 1.92 bits per heavy atom. The third-order valence-electron chi connectivity index (χ3n) is 5.31. The molecule has 36 heavy (non-hydrogen) atoms. The number of aryl methyl sites for hydroxylation is 1. The normalized spacial score (nSPS) is 11.7. The number of nitrogens with zero attached hydrogens (tertiary/aromatic N) is 2. The van der Waals surface area contributed by atoms with E-state index in [-0.39, 0.29) is 23.7 Å². The summed E-state index contributed by atoms with van der Waals surface area (Å²) in [4.78, 5) is 28.8. The van der Waals surface area contributed by atoms with Crippen LogP contribution in [0.4, 0.5) is 14.9 Å². The summed E-state index contributed by atoms with van der Waals surface area (Å²) in [5.41, 5.74) is 3.23. The molecule has 2 heterocycles. The zero-order chi connectivity index (χ0) is 25.7. The molecular formula is C26H24FN3O5S. The molecule has 0 bridgehead atoms. The maximum atomic E-state index is 14.0. The van der Waals surface area contributed by atoms with Gasteiger partial charge in [0.25, 0.3) is 0 Å². The fraction of sp³-hybridized carbons (Fsp3) is 0.231. The van der Waals surface area contributed by atoms with Gasteiger partial charge in [0.15, 0.2) is 0 Å². The van der Waals surface area contributed by atoms with E-state index in [0.29, 0.717) is 23.7 Å². The average Bonchev–Trinajstić information content (AvgIpc) is 3.47. The highest BCUT2D eigenvalue weighted by Crippen LogP contribution is 2.35. The largest absolute Gasteiger partial charge is 0.466 e. The lowest BCUT2D eigenvalue weighted by molar-refractivity contribution is -0.142. The van der Waals surface area contributed by atoms with Crippen LogP contribution in [-0.4, -0.2) is 28.8 Å². The van der Waals surface area contributed by atoms with E-state index in [4.69, 9.17) is 14.0 Å². The molecule has 0 saturated heterocycles. The molecule has 0 radical (unpaired) electrons. The highest BCUT2D eigenvalue weighted by Gasteiger charge is 2.22. The first-order chi connectivity index (χ1) is 17.4. The second-order valence-corrected chi connectivity index (χ2v) is 8.74. The maximum absolute atomic E-state index is 14.0. The van der Waals surface area contributed by atoms with Crippen molar-refractivity contribution in [1.29, 1.82) is 0 Å². The smallest absolute Gasteiger partial charge is 0.412 e. The molecule has 2 aromatic heterocycles. The van der Waals surface area contributed by atoms with Crippen molar-refractivity contribution in [2.45, 2.75) is 33.3 Å². The van der Waals surface area contributed by atoms with Gasteiger partial charge in [-0.3, -0.25) is 10.1 Å². The summed E-state index contributed by atoms with van der Waals surface area (Å²) in [5, 5.41) is 9.11. The monoisotopic (exact) mass is 509 g/mol. The van der Waals surface area contributed by atoms with Gasteiger partial charge in [-0.25, -0.2) is 14.2 Å². The fourth-order valence-corrected chi connectivity index (χ4v) is 4.31. The van der Waals surface area contributed by atoms with Crippen LogP contribution in [-0.2, 0) is 20.7 Å². The molecule has 1 unspecified atom stereocenters. The average molecular weight is 510 g/mol. The number of thiazole rings is 1. The summed E-state index contributed by atoms with van der Waals surface area (Å²) in [5.74, 6) is -0.447. The number of nitrogens with one attached hydrogen (secondary N) is 1. The molecule has 8 nitrogen and oxygen atoms in total. The maximum Gasteiger partial charge on any atom is 0.412 e. The third kappa shape index (κ3) is 5.77. The quantitative estimate of drug-likeness (QED) is 0.277. The van der Waals surface area contributed by atoms with E-state index >= 15 is 0 Å². The van der Waals surface area contributed by atoms with Crippen molar-refractivity contribution in [2.24, 2.45) is 0 Å². The summed E-state index contributed by atoms with van der Waals surface area (Å²) >= 11 is 1.40. The number of anilines is 1. The summed E-state index contributed by atoms with van der Waals surface area (Å²) in [6.07, 6.45) is -1.37. The van der Waals surface area contributed by atoms with E-state index in [2.05, 4.69) is 15.5 Å². The lowest BCUT2D eigenvalue weighted by atomic mass is 10.1. The highest BCUT2D eigenvalue weighted by atomic mass is 32.1. The van der Waals surface area contributed by atoms with Crippen molar-refractivity contribution in [2.75, 3.05) is 11.9 Å². The molecule has 0 aliphatic heterocycles. The van der Waals surface area contributed by atoms with Crippen LogP contribution >= 0.6 is 11.3 Å². The van der Waals surface area contributed by atoms with Crippen molar-refractivity contribution in [3.63, 3.8) is 0 Å². The lowest BCUT2D eigenvalue weighted by Crippen LogP contribution is -2.17. The molecule has 0 spiro atoms. The van der Waals surface area contributed by atoms with Crippen molar-refractivity contribution in [3.8, 4) is 22.0 Å². The van der Waals surface area contributed by atoms with Gasteiger partial charge in [0.1, 0.15) is 34.0 Å². The van der Waals surface area contributed by atoms with Gasteiger partial charge in [-0.1, -0.05) is 47.6 Å². The standard InChI is InChI=1S/C26H24FN3O5S/c1-4-33-22(31)13-17-9-11-18(12-10-17)25-28-21(14-36-25)24-23(15(2)30-35-24)29-26(32)34-16(3)19-7-5-6-8-20(19)27/h5-12,14,16H,4,13H2,1-3H3,(H,29,32). The van der Waals surface area contributed by atoms with E-state index in [0.717, 1.165) is 16.1 Å². The Balaban J connectivity index is 1.47. The Labute approximate surface area is 211 Å². The Morgan fingerprint density at radius 3 is 2.64 bits per heavy atom. The van der Waals surface area contributed by atoms with Crippen LogP contribution in [0.1, 0.15) is 36.8 Å². The number of rotatable bonds is 8. The van der Waals surface area contributed by atoms with Gasteiger partial charge in [0, 0.05) is 16.5 Å². The minimum Gasteiger partial charge on any atom is -0.466 e. The molecular weight excluding hydrogens is 485 g/mol. The van der Waals surface area contributed by atoms with E-state index in [9.17, 15) is 14.0 Å². The third-order valence-corrected chi connectivity index (χ3v) is 6.20. The molecule has 4 aromatic rings. The Morgan fingerprint density at radius 1 is 1.17 bits per heavy atom. The Bertz CT molecular complexity index is 1370. The predicted octanol–water partition coefficient (Wildman–Crippen LogP) is 6.33. The van der Waals surface area contributed by atoms with Crippen molar-refractivity contribution in [1.82, 2.24) is 10.1 Å². The Hall–Kier alpha value is -4.05. The van der Waals surface area contributed by atoms with Gasteiger partial charge in [-0.2, -0.15) is 0 Å². The van der Waals surface area contributed by atoms with E-state index < -0.39 is 18.0 Å². The van der Waals surface area contributed by atoms with E-state index in [1.807, 2.05) is 24.3 Å². The van der Waals surface area contributed by atoms with Gasteiger partial charge in [0.2, 0.25) is 5.76 Å². The minimum absolute atomic E-state index is 0.204. The van der Waals surface area contributed by atoms with Gasteiger partial charge >= 0.3 is 12.1 Å².